The van der Waals surface area contributed by atoms with E-state index in [4.69, 9.17) is 9.84 Å². The van der Waals surface area contributed by atoms with Gasteiger partial charge in [0, 0.05) is 11.8 Å². The highest BCUT2D eigenvalue weighted by molar-refractivity contribution is 6.15. The van der Waals surface area contributed by atoms with Crippen LogP contribution in [0.1, 0.15) is 39.0 Å². The van der Waals surface area contributed by atoms with E-state index in [0.29, 0.717) is 18.4 Å². The fourth-order valence-corrected chi connectivity index (χ4v) is 3.40. The molecule has 0 bridgehead atoms. The van der Waals surface area contributed by atoms with E-state index < -0.39 is 16.9 Å². The molecule has 1 heterocycles. The second-order valence-electron chi connectivity index (χ2n) is 6.15. The molecule has 22 heavy (non-hydrogen) atoms. The summed E-state index contributed by atoms with van der Waals surface area (Å²) >= 11 is 0. The number of aliphatic imine (C=N–C) groups is 1. The van der Waals surface area contributed by atoms with Crippen LogP contribution in [0.4, 0.5) is 0 Å². The minimum atomic E-state index is -0.935. The lowest BCUT2D eigenvalue weighted by molar-refractivity contribution is -0.154. The third-order valence-electron chi connectivity index (χ3n) is 4.78. The molecule has 0 aromatic carbocycles. The average molecular weight is 309 g/mol. The van der Waals surface area contributed by atoms with Crippen LogP contribution in [0.2, 0.25) is 0 Å². The van der Waals surface area contributed by atoms with Gasteiger partial charge in [-0.15, -0.1) is 0 Å². The molecule has 1 fully saturated rings. The molecule has 1 atom stereocenters. The van der Waals surface area contributed by atoms with Gasteiger partial charge < -0.3 is 14.9 Å². The number of carboxylic acid groups (broad SMARTS) is 1. The number of aliphatic hydroxyl groups excluding tert-OH is 1. The minimum Gasteiger partial charge on any atom is -0.481 e. The molecule has 2 N–H and O–H groups in total. The van der Waals surface area contributed by atoms with Crippen molar-refractivity contribution in [2.24, 2.45) is 10.4 Å². The quantitative estimate of drug-likeness (QED) is 0.692. The van der Waals surface area contributed by atoms with Crippen LogP contribution >= 0.6 is 0 Å². The topological polar surface area (TPSA) is 96.2 Å². The van der Waals surface area contributed by atoms with E-state index in [1.54, 1.807) is 13.0 Å². The largest absolute Gasteiger partial charge is 0.481 e. The van der Waals surface area contributed by atoms with E-state index in [9.17, 15) is 14.7 Å². The standard InChI is InChI=1S/C16H23NO5/c1-15(16(14(20)21)5-3-2-4-6-16)9-12(10-17-15)13(19)11-22-8-7-18/h9-10,18H,2-8,11H2,1H3,(H,20,21). The highest BCUT2D eigenvalue weighted by Crippen LogP contribution is 2.49. The molecular formula is C16H23NO5. The molecule has 2 rings (SSSR count). The molecule has 1 saturated carbocycles. The number of nitrogens with zero attached hydrogens (tertiary/aromatic N) is 1. The molecule has 0 radical (unpaired) electrons. The van der Waals surface area contributed by atoms with Crippen LogP contribution in [-0.2, 0) is 14.3 Å². The van der Waals surface area contributed by atoms with E-state index in [1.807, 2.05) is 0 Å². The fourth-order valence-electron chi connectivity index (χ4n) is 3.40. The molecule has 122 valence electrons. The lowest BCUT2D eigenvalue weighted by Gasteiger charge is -2.42. The number of ether oxygens (including phenoxy) is 1. The van der Waals surface area contributed by atoms with Crippen molar-refractivity contribution in [3.05, 3.63) is 11.6 Å². The van der Waals surface area contributed by atoms with Crippen LogP contribution < -0.4 is 0 Å². The molecule has 0 amide bonds. The van der Waals surface area contributed by atoms with Crippen LogP contribution in [0.25, 0.3) is 0 Å². The fraction of sp³-hybridized carbons (Fsp3) is 0.688. The van der Waals surface area contributed by atoms with Crippen molar-refractivity contribution in [2.45, 2.75) is 44.6 Å². The van der Waals surface area contributed by atoms with Crippen LogP contribution in [0.3, 0.4) is 0 Å². The van der Waals surface area contributed by atoms with Crippen molar-refractivity contribution in [1.29, 1.82) is 0 Å². The SMILES string of the molecule is CC1(C2(C(=O)O)CCCCC2)C=C(C(=O)COCCO)C=N1. The van der Waals surface area contributed by atoms with Crippen molar-refractivity contribution in [3.8, 4) is 0 Å². The number of carboxylic acids is 1. The first-order valence-corrected chi connectivity index (χ1v) is 7.68. The van der Waals surface area contributed by atoms with Gasteiger partial charge in [0.25, 0.3) is 0 Å². The maximum atomic E-state index is 12.1. The number of hydrogen-bond donors (Lipinski definition) is 2. The van der Waals surface area contributed by atoms with Gasteiger partial charge in [0.15, 0.2) is 5.78 Å². The lowest BCUT2D eigenvalue weighted by Crippen LogP contribution is -2.49. The second kappa shape index (κ2) is 6.71. The number of carbonyl (C=O) groups is 2. The average Bonchev–Trinajstić information content (AvgIpc) is 2.92. The third kappa shape index (κ3) is 2.98. The predicted octanol–water partition coefficient (Wildman–Crippen LogP) is 1.37. The normalized spacial score (nSPS) is 26.7. The van der Waals surface area contributed by atoms with Crippen LogP contribution in [0.15, 0.2) is 16.6 Å². The van der Waals surface area contributed by atoms with Crippen LogP contribution in [0, 0.1) is 5.41 Å². The number of aliphatic hydroxyl groups is 1. The first kappa shape index (κ1) is 16.8. The first-order valence-electron chi connectivity index (χ1n) is 7.68. The summed E-state index contributed by atoms with van der Waals surface area (Å²) in [5.74, 6) is -1.08. The number of aliphatic carboxylic acids is 1. The molecule has 0 spiro atoms. The van der Waals surface area contributed by atoms with Gasteiger partial charge in [-0.2, -0.15) is 0 Å². The highest BCUT2D eigenvalue weighted by Gasteiger charge is 2.54. The zero-order valence-corrected chi connectivity index (χ0v) is 12.9. The molecule has 6 heteroatoms. The summed E-state index contributed by atoms with van der Waals surface area (Å²) in [4.78, 5) is 28.4. The summed E-state index contributed by atoms with van der Waals surface area (Å²) in [6.45, 7) is 1.62. The summed E-state index contributed by atoms with van der Waals surface area (Å²) < 4.78 is 5.02. The Balaban J connectivity index is 2.18. The Morgan fingerprint density at radius 2 is 2.00 bits per heavy atom. The Hall–Kier alpha value is -1.53. The maximum Gasteiger partial charge on any atom is 0.312 e. The smallest absolute Gasteiger partial charge is 0.312 e. The highest BCUT2D eigenvalue weighted by atomic mass is 16.5. The predicted molar refractivity (Wildman–Crippen MR) is 81.0 cm³/mol. The Bertz CT molecular complexity index is 505. The Morgan fingerprint density at radius 1 is 1.32 bits per heavy atom. The van der Waals surface area contributed by atoms with E-state index in [-0.39, 0.29) is 25.6 Å². The van der Waals surface area contributed by atoms with Crippen molar-refractivity contribution < 1.29 is 24.5 Å². The number of carbonyl (C=O) groups excluding carboxylic acids is 1. The van der Waals surface area contributed by atoms with E-state index in [0.717, 1.165) is 19.3 Å². The molecule has 0 aromatic heterocycles. The molecule has 6 nitrogen and oxygen atoms in total. The van der Waals surface area contributed by atoms with Crippen molar-refractivity contribution in [3.63, 3.8) is 0 Å². The van der Waals surface area contributed by atoms with Gasteiger partial charge in [-0.3, -0.25) is 14.6 Å². The molecular weight excluding hydrogens is 286 g/mol. The van der Waals surface area contributed by atoms with Crippen molar-refractivity contribution in [2.75, 3.05) is 19.8 Å². The van der Waals surface area contributed by atoms with Crippen LogP contribution in [-0.4, -0.2) is 53.5 Å². The number of ketones is 1. The summed E-state index contributed by atoms with van der Waals surface area (Å²) in [6, 6.07) is 0. The maximum absolute atomic E-state index is 12.1. The molecule has 0 saturated heterocycles. The Kier molecular flexibility index (Phi) is 5.13. The van der Waals surface area contributed by atoms with Gasteiger partial charge in [-0.05, 0) is 25.8 Å². The number of hydrogen-bond acceptors (Lipinski definition) is 5. The summed E-state index contributed by atoms with van der Waals surface area (Å²) in [5, 5.41) is 18.4. The third-order valence-corrected chi connectivity index (χ3v) is 4.78. The Labute approximate surface area is 129 Å². The monoisotopic (exact) mass is 309 g/mol. The van der Waals surface area contributed by atoms with Gasteiger partial charge in [0.2, 0.25) is 0 Å². The van der Waals surface area contributed by atoms with Crippen molar-refractivity contribution in [1.82, 2.24) is 0 Å². The van der Waals surface area contributed by atoms with Crippen molar-refractivity contribution >= 4 is 18.0 Å². The van der Waals surface area contributed by atoms with E-state index in [2.05, 4.69) is 4.99 Å². The summed E-state index contributed by atoms with van der Waals surface area (Å²) in [6.07, 6.45) is 7.08. The van der Waals surface area contributed by atoms with Gasteiger partial charge in [0.05, 0.1) is 24.2 Å². The van der Waals surface area contributed by atoms with Crippen LogP contribution in [0.5, 0.6) is 0 Å². The lowest BCUT2D eigenvalue weighted by atomic mass is 9.62. The van der Waals surface area contributed by atoms with Gasteiger partial charge in [-0.1, -0.05) is 19.3 Å². The van der Waals surface area contributed by atoms with E-state index >= 15 is 0 Å². The van der Waals surface area contributed by atoms with Gasteiger partial charge in [0.1, 0.15) is 6.61 Å². The number of Topliss-reactive ketones (excluding diaryl/α,β-unsaturated/α-hetero) is 1. The van der Waals surface area contributed by atoms with Gasteiger partial charge in [-0.25, -0.2) is 0 Å². The molecule has 0 aromatic rings. The van der Waals surface area contributed by atoms with E-state index in [1.165, 1.54) is 6.21 Å². The zero-order chi connectivity index (χ0) is 16.2. The zero-order valence-electron chi connectivity index (χ0n) is 12.9. The second-order valence-corrected chi connectivity index (χ2v) is 6.15. The first-order chi connectivity index (χ1) is 10.5. The summed E-state index contributed by atoms with van der Waals surface area (Å²) in [5.41, 5.74) is -1.43. The summed E-state index contributed by atoms with van der Waals surface area (Å²) in [7, 11) is 0. The molecule has 1 aliphatic heterocycles. The van der Waals surface area contributed by atoms with Gasteiger partial charge >= 0.3 is 5.97 Å². The molecule has 1 aliphatic carbocycles. The molecule has 2 aliphatic rings. The number of rotatable bonds is 7. The molecule has 1 unspecified atom stereocenters. The minimum absolute atomic E-state index is 0.104. The Morgan fingerprint density at radius 3 is 2.59 bits per heavy atom.